The van der Waals surface area contributed by atoms with Crippen LogP contribution in [0.1, 0.15) is 54.4 Å². The van der Waals surface area contributed by atoms with Gasteiger partial charge in [0.15, 0.2) is 35.1 Å². The second-order valence-corrected chi connectivity index (χ2v) is 13.1. The number of methoxy groups -OCH3 is 1. The molecule has 3 rings (SSSR count). The first-order chi connectivity index (χ1) is 24.7. The Balaban J connectivity index is 2.15. The number of thiocarbonyl (C=S) groups is 1. The number of carbonyl (C=O) groups excluding carboxylic acids is 4. The number of aliphatic hydroxyl groups excluding tert-OH is 2. The van der Waals surface area contributed by atoms with E-state index in [1.54, 1.807) is 13.8 Å². The molecule has 0 unspecified atom stereocenters. The molecule has 0 aromatic carbocycles. The van der Waals surface area contributed by atoms with E-state index in [-0.39, 0.29) is 12.1 Å². The van der Waals surface area contributed by atoms with Crippen LogP contribution in [0, 0.1) is 11.3 Å². The number of esters is 3. The second-order valence-electron chi connectivity index (χ2n) is 13.0. The van der Waals surface area contributed by atoms with Gasteiger partial charge in [0.2, 0.25) is 0 Å². The smallest absolute Gasteiger partial charge is 0.357 e. The molecule has 0 radical (unpaired) electrons. The van der Waals surface area contributed by atoms with Crippen molar-refractivity contribution in [3.63, 3.8) is 0 Å². The lowest BCUT2D eigenvalue weighted by Crippen LogP contribution is -2.70. The van der Waals surface area contributed by atoms with Crippen LogP contribution in [0.15, 0.2) is 28.1 Å². The van der Waals surface area contributed by atoms with E-state index in [2.05, 4.69) is 17.2 Å². The van der Waals surface area contributed by atoms with Gasteiger partial charge in [-0.25, -0.2) is 9.59 Å². The van der Waals surface area contributed by atoms with Gasteiger partial charge in [0.25, 0.3) is 0 Å². The van der Waals surface area contributed by atoms with Gasteiger partial charge in [0.1, 0.15) is 54.2 Å². The summed E-state index contributed by atoms with van der Waals surface area (Å²) in [6.45, 7) is 7.77. The molecule has 2 fully saturated rings. The number of aliphatic imine (C=N–C) groups is 1. The van der Waals surface area contributed by atoms with Gasteiger partial charge >= 0.3 is 23.9 Å². The quantitative estimate of drug-likeness (QED) is 0.0475. The Hall–Kier alpha value is -3.98. The molecule has 0 saturated carbocycles. The number of hydrogen-bond acceptors (Lipinski definition) is 19. The van der Waals surface area contributed by atoms with E-state index in [0.717, 1.165) is 6.92 Å². The number of aliphatic carboxylic acids is 1. The van der Waals surface area contributed by atoms with E-state index in [0.29, 0.717) is 0 Å². The minimum Gasteiger partial charge on any atom is -0.508 e. The zero-order chi connectivity index (χ0) is 40.2. The van der Waals surface area contributed by atoms with Crippen molar-refractivity contribution in [2.75, 3.05) is 13.7 Å². The SMILES string of the molecule is C/C=C(\N=C=S)C(=O)O[C@H]1[C@@H](O[C@@H]2C[C@@H](OC)[C@@](O)([C@H](C)OC(=O)C(C)C)[C@@H](C)O2)[C@@H](O)[C@H]([C@@]2(O)CC(=O)C(=N)C(C(=O)O)=C2O)O[C@@H]1COC(C)=O. The lowest BCUT2D eigenvalue weighted by molar-refractivity contribution is -0.345. The molecule has 19 nitrogen and oxygen atoms in total. The Morgan fingerprint density at radius 1 is 1.17 bits per heavy atom. The van der Waals surface area contributed by atoms with Crippen LogP contribution in [0.5, 0.6) is 0 Å². The average Bonchev–Trinajstić information content (AvgIpc) is 3.08. The zero-order valence-corrected chi connectivity index (χ0v) is 30.8. The minimum absolute atomic E-state index is 0.325. The zero-order valence-electron chi connectivity index (χ0n) is 30.0. The van der Waals surface area contributed by atoms with Crippen molar-refractivity contribution in [3.05, 3.63) is 23.1 Å². The van der Waals surface area contributed by atoms with Crippen LogP contribution in [0.4, 0.5) is 0 Å². The Morgan fingerprint density at radius 3 is 2.34 bits per heavy atom. The number of rotatable bonds is 13. The number of carbonyl (C=O) groups is 5. The molecule has 2 saturated heterocycles. The molecule has 11 atom stereocenters. The maximum Gasteiger partial charge on any atom is 0.357 e. The van der Waals surface area contributed by atoms with Crippen molar-refractivity contribution in [2.45, 2.75) is 121 Å². The summed E-state index contributed by atoms with van der Waals surface area (Å²) in [5.74, 6) is -7.74. The highest BCUT2D eigenvalue weighted by atomic mass is 32.1. The number of ketones is 1. The van der Waals surface area contributed by atoms with Gasteiger partial charge in [-0.2, -0.15) is 4.99 Å². The largest absolute Gasteiger partial charge is 0.508 e. The number of isothiocyanates is 1. The van der Waals surface area contributed by atoms with Crippen molar-refractivity contribution in [3.8, 4) is 0 Å². The lowest BCUT2D eigenvalue weighted by atomic mass is 9.74. The van der Waals surface area contributed by atoms with Crippen LogP contribution in [0.25, 0.3) is 0 Å². The fourth-order valence-corrected chi connectivity index (χ4v) is 6.41. The third-order valence-corrected chi connectivity index (χ3v) is 9.32. The minimum atomic E-state index is -3.03. The first-order valence-electron chi connectivity index (χ1n) is 16.4. The van der Waals surface area contributed by atoms with E-state index < -0.39 is 132 Å². The Labute approximate surface area is 309 Å². The molecule has 53 heavy (non-hydrogen) atoms. The predicted octanol–water partition coefficient (Wildman–Crippen LogP) is 0.0705. The third kappa shape index (κ3) is 8.88. The fourth-order valence-electron chi connectivity index (χ4n) is 6.31. The van der Waals surface area contributed by atoms with Gasteiger partial charge < -0.3 is 58.7 Å². The Morgan fingerprint density at radius 2 is 1.81 bits per heavy atom. The molecule has 2 heterocycles. The summed E-state index contributed by atoms with van der Waals surface area (Å²) >= 11 is 4.60. The van der Waals surface area contributed by atoms with Crippen LogP contribution in [0.3, 0.4) is 0 Å². The molecule has 3 aliphatic rings. The highest BCUT2D eigenvalue weighted by Gasteiger charge is 2.62. The van der Waals surface area contributed by atoms with Crippen molar-refractivity contribution in [2.24, 2.45) is 10.9 Å². The van der Waals surface area contributed by atoms with Gasteiger partial charge in [-0.3, -0.25) is 19.8 Å². The molecule has 0 bridgehead atoms. The van der Waals surface area contributed by atoms with E-state index >= 15 is 0 Å². The summed E-state index contributed by atoms with van der Waals surface area (Å²) in [5.41, 5.74) is -7.74. The highest BCUT2D eigenvalue weighted by Crippen LogP contribution is 2.42. The summed E-state index contributed by atoms with van der Waals surface area (Å²) in [4.78, 5) is 66.0. The maximum atomic E-state index is 13.3. The van der Waals surface area contributed by atoms with Crippen molar-refractivity contribution < 1.29 is 82.7 Å². The molecule has 20 heteroatoms. The number of carboxylic acids is 1. The van der Waals surface area contributed by atoms with E-state index in [9.17, 15) is 49.5 Å². The summed E-state index contributed by atoms with van der Waals surface area (Å²) in [6.07, 6.45) is -15.0. The standard InChI is InChI=1S/C33H44N2O17S/c1-8-17(35-12-53)31(43)52-25-19(11-47-16(6)36)50-28(32(44)10-18(37)23(34)22(27(32)39)29(40)41)24(38)26(25)51-21-9-20(46-7)33(45,14(4)48-21)15(5)49-30(42)13(2)3/h8,13-15,19-21,24-26,28,34,38-39,44-45H,9-11H2,1-7H3,(H,40,41)/b17-8-,34-23?/t14-,15+,19-,20-,21-,24-,25-,26+,28-,32-,33+/m1/s1. The Kier molecular flexibility index (Phi) is 14.3. The number of aliphatic hydroxyl groups is 4. The molecular weight excluding hydrogens is 728 g/mol. The first-order valence-corrected chi connectivity index (χ1v) is 16.8. The number of nitrogens with one attached hydrogen (secondary N) is 1. The molecule has 294 valence electrons. The summed E-state index contributed by atoms with van der Waals surface area (Å²) in [6, 6.07) is 0. The van der Waals surface area contributed by atoms with E-state index in [4.69, 9.17) is 38.6 Å². The average molecular weight is 773 g/mol. The van der Waals surface area contributed by atoms with Gasteiger partial charge in [0, 0.05) is 20.5 Å². The van der Waals surface area contributed by atoms with Gasteiger partial charge in [-0.15, -0.1) is 0 Å². The molecular formula is C33H44N2O17S. The maximum absolute atomic E-state index is 13.3. The second kappa shape index (κ2) is 17.4. The molecule has 2 aliphatic heterocycles. The van der Waals surface area contributed by atoms with Crippen LogP contribution in [-0.2, 0) is 57.1 Å². The van der Waals surface area contributed by atoms with Crippen molar-refractivity contribution >= 4 is 52.8 Å². The number of allylic oxidation sites excluding steroid dienone is 1. The highest BCUT2D eigenvalue weighted by molar-refractivity contribution is 7.78. The number of ether oxygens (including phenoxy) is 7. The van der Waals surface area contributed by atoms with E-state index in [1.165, 1.54) is 34.0 Å². The van der Waals surface area contributed by atoms with Gasteiger partial charge in [-0.05, 0) is 33.0 Å². The van der Waals surface area contributed by atoms with Gasteiger partial charge in [-0.1, -0.05) is 19.9 Å². The summed E-state index contributed by atoms with van der Waals surface area (Å²) in [7, 11) is 1.26. The molecule has 1 aliphatic carbocycles. The van der Waals surface area contributed by atoms with Crippen LogP contribution in [-0.4, -0.2) is 146 Å². The van der Waals surface area contributed by atoms with Crippen molar-refractivity contribution in [1.29, 1.82) is 5.41 Å². The fraction of sp³-hybridized carbons (Fsp3) is 0.667. The molecule has 0 aromatic heterocycles. The lowest BCUT2D eigenvalue weighted by Gasteiger charge is -2.52. The number of nitrogens with zero attached hydrogens (tertiary/aromatic N) is 1. The van der Waals surface area contributed by atoms with Crippen molar-refractivity contribution in [1.82, 2.24) is 0 Å². The molecule has 0 amide bonds. The molecule has 0 aromatic rings. The number of hydrogen-bond donors (Lipinski definition) is 6. The van der Waals surface area contributed by atoms with Crippen LogP contribution in [0.2, 0.25) is 0 Å². The van der Waals surface area contributed by atoms with Crippen LogP contribution >= 0.6 is 12.2 Å². The predicted molar refractivity (Wildman–Crippen MR) is 180 cm³/mol. The van der Waals surface area contributed by atoms with E-state index in [1.807, 2.05) is 5.16 Å². The summed E-state index contributed by atoms with van der Waals surface area (Å²) < 4.78 is 39.9. The van der Waals surface area contributed by atoms with Crippen LogP contribution < -0.4 is 0 Å². The molecule has 6 N–H and O–H groups in total. The Bertz CT molecular complexity index is 1590. The normalized spacial score (nSPS) is 34.2. The molecule has 0 spiro atoms. The first kappa shape index (κ1) is 43.4. The number of Topliss-reactive ketones (excluding diaryl/α,β-unsaturated/α-hetero) is 1. The third-order valence-electron chi connectivity index (χ3n) is 9.23. The topological polar surface area (TPSA) is 287 Å². The van der Waals surface area contributed by atoms with Gasteiger partial charge in [0.05, 0.1) is 29.7 Å². The number of carboxylic acid groups (broad SMARTS) is 1. The summed E-state index contributed by atoms with van der Waals surface area (Å²) in [5, 5.41) is 66.0. The monoisotopic (exact) mass is 772 g/mol.